The summed E-state index contributed by atoms with van der Waals surface area (Å²) in [5.74, 6) is -3.23. The molecule has 234 valence electrons. The fourth-order valence-corrected chi connectivity index (χ4v) is 4.82. The van der Waals surface area contributed by atoms with Crippen LogP contribution >= 0.6 is 0 Å². The molecule has 2 heterocycles. The molecule has 0 amide bonds. The van der Waals surface area contributed by atoms with E-state index in [-0.39, 0.29) is 63.0 Å². The molecule has 4 atom stereocenters. The first-order chi connectivity index (χ1) is 20.1. The van der Waals surface area contributed by atoms with E-state index in [4.69, 9.17) is 18.9 Å². The Hall–Kier alpha value is -3.70. The predicted molar refractivity (Wildman–Crippen MR) is 153 cm³/mol. The van der Waals surface area contributed by atoms with E-state index in [2.05, 4.69) is 9.97 Å². The van der Waals surface area contributed by atoms with Crippen LogP contribution < -0.4 is 0 Å². The molecular weight excluding hydrogens is 544 g/mol. The second kappa shape index (κ2) is 18.0. The smallest absolute Gasteiger partial charge is 0.309 e. The number of esters is 4. The minimum Gasteiger partial charge on any atom is -0.465 e. The van der Waals surface area contributed by atoms with Gasteiger partial charge in [-0.25, -0.2) is 9.97 Å². The van der Waals surface area contributed by atoms with Gasteiger partial charge < -0.3 is 28.1 Å². The van der Waals surface area contributed by atoms with E-state index in [1.807, 2.05) is 37.1 Å². The summed E-state index contributed by atoms with van der Waals surface area (Å²) in [5, 5.41) is 0. The van der Waals surface area contributed by atoms with E-state index in [1.165, 1.54) is 0 Å². The van der Waals surface area contributed by atoms with Crippen LogP contribution in [0.1, 0.15) is 64.8 Å². The average molecular weight is 591 g/mol. The summed E-state index contributed by atoms with van der Waals surface area (Å²) in [6, 6.07) is 0. The number of aryl methyl sites for hydroxylation is 2. The summed E-state index contributed by atoms with van der Waals surface area (Å²) in [6.07, 6.45) is 9.21. The number of rotatable bonds is 19. The highest BCUT2D eigenvalue weighted by Crippen LogP contribution is 2.25. The Balaban J connectivity index is 1.99. The van der Waals surface area contributed by atoms with Crippen molar-refractivity contribution in [3.8, 4) is 0 Å². The number of hydrogen-bond acceptors (Lipinski definition) is 10. The van der Waals surface area contributed by atoms with Crippen molar-refractivity contribution in [2.75, 3.05) is 26.4 Å². The fourth-order valence-electron chi connectivity index (χ4n) is 4.82. The molecule has 0 aromatic carbocycles. The zero-order chi connectivity index (χ0) is 31.1. The van der Waals surface area contributed by atoms with Gasteiger partial charge in [-0.15, -0.1) is 0 Å². The van der Waals surface area contributed by atoms with Gasteiger partial charge in [0, 0.05) is 62.6 Å². The molecule has 0 N–H and O–H groups in total. The highest BCUT2D eigenvalue weighted by molar-refractivity contribution is 5.74. The quantitative estimate of drug-likeness (QED) is 0.136. The highest BCUT2D eigenvalue weighted by atomic mass is 16.6. The third-order valence-electron chi connectivity index (χ3n) is 7.46. The lowest BCUT2D eigenvalue weighted by atomic mass is 9.87. The topological polar surface area (TPSA) is 141 Å². The fraction of sp³-hybridized carbons (Fsp3) is 0.667. The van der Waals surface area contributed by atoms with Gasteiger partial charge in [0.15, 0.2) is 0 Å². The van der Waals surface area contributed by atoms with Crippen LogP contribution in [0.5, 0.6) is 0 Å². The number of aromatic nitrogens is 4. The molecule has 0 fully saturated rings. The molecule has 2 rings (SSSR count). The van der Waals surface area contributed by atoms with Gasteiger partial charge in [0.2, 0.25) is 0 Å². The average Bonchev–Trinajstić information content (AvgIpc) is 3.59. The van der Waals surface area contributed by atoms with E-state index < -0.39 is 23.8 Å². The Kier molecular flexibility index (Phi) is 14.8. The summed E-state index contributed by atoms with van der Waals surface area (Å²) in [4.78, 5) is 58.1. The zero-order valence-corrected chi connectivity index (χ0v) is 25.7. The Morgan fingerprint density at radius 3 is 1.33 bits per heavy atom. The Morgan fingerprint density at radius 2 is 1.05 bits per heavy atom. The summed E-state index contributed by atoms with van der Waals surface area (Å²) < 4.78 is 25.6. The van der Waals surface area contributed by atoms with Gasteiger partial charge in [-0.1, -0.05) is 27.7 Å². The first kappa shape index (κ1) is 34.5. The van der Waals surface area contributed by atoms with Crippen LogP contribution in [0.25, 0.3) is 0 Å². The van der Waals surface area contributed by atoms with Gasteiger partial charge in [-0.2, -0.15) is 0 Å². The van der Waals surface area contributed by atoms with Crippen LogP contribution in [0, 0.1) is 23.7 Å². The summed E-state index contributed by atoms with van der Waals surface area (Å²) in [6.45, 7) is 7.13. The second-order valence-corrected chi connectivity index (χ2v) is 10.4. The molecule has 42 heavy (non-hydrogen) atoms. The molecule has 0 aliphatic heterocycles. The van der Waals surface area contributed by atoms with Crippen molar-refractivity contribution in [2.24, 2.45) is 37.8 Å². The molecule has 0 aliphatic carbocycles. The van der Waals surface area contributed by atoms with Gasteiger partial charge in [-0.3, -0.25) is 19.2 Å². The first-order valence-corrected chi connectivity index (χ1v) is 14.7. The molecule has 0 aliphatic rings. The van der Waals surface area contributed by atoms with E-state index in [9.17, 15) is 19.2 Å². The summed E-state index contributed by atoms with van der Waals surface area (Å²) >= 11 is 0. The Morgan fingerprint density at radius 1 is 0.667 bits per heavy atom. The van der Waals surface area contributed by atoms with E-state index in [0.29, 0.717) is 25.7 Å². The van der Waals surface area contributed by atoms with Gasteiger partial charge in [-0.05, 0) is 25.7 Å². The minimum absolute atomic E-state index is 0.0826. The molecular formula is C30H46N4O8. The molecule has 2 aromatic heterocycles. The standard InChI is InChI=1S/C30H46N4O8/c1-7-25(21(17-41-27(35)9-3)13-23-15-31-19-33(23)5)29(37)39-11-12-40-30(38)26(8-2)22(18-42-28(36)10-4)14-24-16-32-20-34(24)6/h15-16,19-22,25-26H,7-14,17-18H2,1-6H3/t21-,22-,25-,26-/m0/s1. The Bertz CT molecular complexity index is 1060. The van der Waals surface area contributed by atoms with E-state index in [0.717, 1.165) is 11.4 Å². The van der Waals surface area contributed by atoms with Crippen molar-refractivity contribution in [3.05, 3.63) is 36.4 Å². The van der Waals surface area contributed by atoms with Crippen LogP contribution in [0.3, 0.4) is 0 Å². The van der Waals surface area contributed by atoms with Gasteiger partial charge >= 0.3 is 23.9 Å². The lowest BCUT2D eigenvalue weighted by Gasteiger charge is -2.25. The maximum absolute atomic E-state index is 13.1. The number of ether oxygens (including phenoxy) is 4. The molecule has 0 unspecified atom stereocenters. The number of nitrogens with zero attached hydrogens (tertiary/aromatic N) is 4. The van der Waals surface area contributed by atoms with Crippen LogP contribution in [0.2, 0.25) is 0 Å². The van der Waals surface area contributed by atoms with Gasteiger partial charge in [0.25, 0.3) is 0 Å². The third-order valence-corrected chi connectivity index (χ3v) is 7.46. The van der Waals surface area contributed by atoms with Crippen LogP contribution in [-0.4, -0.2) is 69.4 Å². The molecule has 0 radical (unpaired) electrons. The molecule has 0 saturated heterocycles. The maximum Gasteiger partial charge on any atom is 0.309 e. The van der Waals surface area contributed by atoms with Gasteiger partial charge in [0.1, 0.15) is 13.2 Å². The maximum atomic E-state index is 13.1. The third kappa shape index (κ3) is 10.6. The predicted octanol–water partition coefficient (Wildman–Crippen LogP) is 3.22. The lowest BCUT2D eigenvalue weighted by molar-refractivity contribution is -0.162. The van der Waals surface area contributed by atoms with Crippen molar-refractivity contribution in [2.45, 2.75) is 66.2 Å². The van der Waals surface area contributed by atoms with Crippen LogP contribution in [0.4, 0.5) is 0 Å². The number of hydrogen-bond donors (Lipinski definition) is 0. The number of carbonyl (C=O) groups excluding carboxylic acids is 4. The van der Waals surface area contributed by atoms with Crippen molar-refractivity contribution < 1.29 is 38.1 Å². The van der Waals surface area contributed by atoms with Crippen LogP contribution in [0.15, 0.2) is 25.0 Å². The molecule has 0 saturated carbocycles. The van der Waals surface area contributed by atoms with Gasteiger partial charge in [0.05, 0.1) is 37.7 Å². The summed E-state index contributed by atoms with van der Waals surface area (Å²) in [7, 11) is 3.73. The van der Waals surface area contributed by atoms with Crippen molar-refractivity contribution in [1.29, 1.82) is 0 Å². The first-order valence-electron chi connectivity index (χ1n) is 14.7. The molecule has 0 bridgehead atoms. The zero-order valence-electron chi connectivity index (χ0n) is 25.7. The van der Waals surface area contributed by atoms with E-state index in [1.54, 1.807) is 38.9 Å². The normalized spacial score (nSPS) is 14.0. The largest absolute Gasteiger partial charge is 0.465 e. The second-order valence-electron chi connectivity index (χ2n) is 10.4. The lowest BCUT2D eigenvalue weighted by Crippen LogP contribution is -2.33. The number of carbonyl (C=O) groups is 4. The highest BCUT2D eigenvalue weighted by Gasteiger charge is 2.32. The number of imidazole rings is 2. The monoisotopic (exact) mass is 590 g/mol. The molecule has 2 aromatic rings. The SMILES string of the molecule is CCC(=O)OC[C@H](Cc1cncn1C)[C@H](CC)C(=O)OCCOC(=O)[C@@H](CC)[C@H](COC(=O)CC)Cc1cncn1C. The minimum atomic E-state index is -0.528. The van der Waals surface area contributed by atoms with Crippen molar-refractivity contribution in [1.82, 2.24) is 19.1 Å². The molecule has 12 nitrogen and oxygen atoms in total. The molecule has 0 spiro atoms. The summed E-state index contributed by atoms with van der Waals surface area (Å²) in [5.41, 5.74) is 1.81. The van der Waals surface area contributed by atoms with Crippen LogP contribution in [-0.2, 0) is 65.1 Å². The van der Waals surface area contributed by atoms with E-state index >= 15 is 0 Å². The van der Waals surface area contributed by atoms with Crippen molar-refractivity contribution >= 4 is 23.9 Å². The van der Waals surface area contributed by atoms with Crippen molar-refractivity contribution in [3.63, 3.8) is 0 Å². The Labute approximate surface area is 248 Å². The molecule has 12 heteroatoms.